The molecule has 1 aromatic heterocycles. The van der Waals surface area contributed by atoms with Crippen LogP contribution >= 0.6 is 24.8 Å². The summed E-state index contributed by atoms with van der Waals surface area (Å²) in [5.41, 5.74) is 6.64. The van der Waals surface area contributed by atoms with Gasteiger partial charge in [0, 0.05) is 6.20 Å². The molecule has 0 aliphatic rings. The molecule has 0 unspecified atom stereocenters. The van der Waals surface area contributed by atoms with Gasteiger partial charge in [-0.25, -0.2) is 0 Å². The van der Waals surface area contributed by atoms with Crippen LogP contribution in [-0.4, -0.2) is 16.9 Å². The van der Waals surface area contributed by atoms with Crippen LogP contribution in [0.3, 0.4) is 0 Å². The third-order valence-corrected chi connectivity index (χ3v) is 2.73. The summed E-state index contributed by atoms with van der Waals surface area (Å²) in [6, 6.07) is 5.17. The lowest BCUT2D eigenvalue weighted by atomic mass is 9.99. The summed E-state index contributed by atoms with van der Waals surface area (Å²) in [5, 5.41) is 2.79. The number of nitrogens with two attached hydrogens (primary N) is 1. The highest BCUT2D eigenvalue weighted by molar-refractivity contribution is 5.85. The van der Waals surface area contributed by atoms with Crippen LogP contribution in [0.4, 0.5) is 0 Å². The molecule has 3 N–H and O–H groups in total. The maximum absolute atomic E-state index is 11.7. The lowest BCUT2D eigenvalue weighted by molar-refractivity contribution is -0.123. The van der Waals surface area contributed by atoms with Crippen molar-refractivity contribution in [2.75, 3.05) is 0 Å². The summed E-state index contributed by atoms with van der Waals surface area (Å²) in [6.07, 6.45) is 2.61. The first-order valence-corrected chi connectivity index (χ1v) is 5.58. The molecular formula is C12H21Cl2N3O. The molecular weight excluding hydrogens is 273 g/mol. The van der Waals surface area contributed by atoms with Crippen molar-refractivity contribution < 1.29 is 4.79 Å². The average molecular weight is 294 g/mol. The number of halogens is 2. The van der Waals surface area contributed by atoms with Crippen LogP contribution in [0.15, 0.2) is 24.4 Å². The third kappa shape index (κ3) is 6.19. The standard InChI is InChI=1S/C12H19N3O.2ClH/c1-3-9(2)11(13)12(16)15-8-10-6-4-5-7-14-10;;/h4-7,9,11H,3,8,13H2,1-2H3,(H,15,16);2*1H/t9-,11-;;/m0../s1. The number of hydrogen-bond donors (Lipinski definition) is 2. The fraction of sp³-hybridized carbons (Fsp3) is 0.500. The van der Waals surface area contributed by atoms with Gasteiger partial charge in [0.15, 0.2) is 0 Å². The number of amides is 1. The molecule has 0 radical (unpaired) electrons. The third-order valence-electron chi connectivity index (χ3n) is 2.73. The maximum Gasteiger partial charge on any atom is 0.237 e. The molecule has 0 aliphatic carbocycles. The van der Waals surface area contributed by atoms with E-state index in [2.05, 4.69) is 10.3 Å². The molecule has 1 amide bonds. The predicted octanol–water partition coefficient (Wildman–Crippen LogP) is 1.91. The number of carbonyl (C=O) groups is 1. The fourth-order valence-electron chi connectivity index (χ4n) is 1.31. The number of pyridine rings is 1. The van der Waals surface area contributed by atoms with E-state index in [1.54, 1.807) is 6.20 Å². The van der Waals surface area contributed by atoms with Crippen molar-refractivity contribution in [2.24, 2.45) is 11.7 Å². The molecule has 18 heavy (non-hydrogen) atoms. The number of nitrogens with one attached hydrogen (secondary N) is 1. The van der Waals surface area contributed by atoms with Gasteiger partial charge in [-0.1, -0.05) is 26.3 Å². The largest absolute Gasteiger partial charge is 0.349 e. The molecule has 104 valence electrons. The van der Waals surface area contributed by atoms with Crippen molar-refractivity contribution >= 4 is 30.7 Å². The second kappa shape index (κ2) is 10.1. The van der Waals surface area contributed by atoms with Crippen LogP contribution in [0.5, 0.6) is 0 Å². The Bertz CT molecular complexity index is 335. The van der Waals surface area contributed by atoms with E-state index in [-0.39, 0.29) is 36.6 Å². The summed E-state index contributed by atoms with van der Waals surface area (Å²) in [7, 11) is 0. The molecule has 1 rings (SSSR count). The minimum atomic E-state index is -0.436. The first-order chi connectivity index (χ1) is 7.65. The molecule has 0 aliphatic heterocycles. The molecule has 0 saturated carbocycles. The van der Waals surface area contributed by atoms with Gasteiger partial charge in [-0.05, 0) is 18.1 Å². The van der Waals surface area contributed by atoms with E-state index in [1.165, 1.54) is 0 Å². The zero-order valence-electron chi connectivity index (χ0n) is 10.6. The van der Waals surface area contributed by atoms with E-state index in [0.29, 0.717) is 6.54 Å². The molecule has 0 bridgehead atoms. The van der Waals surface area contributed by atoms with E-state index in [4.69, 9.17) is 5.73 Å². The second-order valence-electron chi connectivity index (χ2n) is 3.95. The Hall–Kier alpha value is -0.840. The van der Waals surface area contributed by atoms with E-state index in [0.717, 1.165) is 12.1 Å². The highest BCUT2D eigenvalue weighted by Gasteiger charge is 2.18. The van der Waals surface area contributed by atoms with Crippen LogP contribution in [0, 0.1) is 5.92 Å². The van der Waals surface area contributed by atoms with Crippen molar-refractivity contribution in [2.45, 2.75) is 32.9 Å². The van der Waals surface area contributed by atoms with Crippen LogP contribution in [-0.2, 0) is 11.3 Å². The molecule has 0 saturated heterocycles. The monoisotopic (exact) mass is 293 g/mol. The van der Waals surface area contributed by atoms with Gasteiger partial charge in [-0.2, -0.15) is 0 Å². The van der Waals surface area contributed by atoms with Crippen LogP contribution < -0.4 is 11.1 Å². The predicted molar refractivity (Wildman–Crippen MR) is 78.0 cm³/mol. The van der Waals surface area contributed by atoms with Crippen molar-refractivity contribution in [1.29, 1.82) is 0 Å². The average Bonchev–Trinajstić information content (AvgIpc) is 2.35. The van der Waals surface area contributed by atoms with Crippen molar-refractivity contribution in [1.82, 2.24) is 10.3 Å². The molecule has 0 fully saturated rings. The van der Waals surface area contributed by atoms with E-state index in [9.17, 15) is 4.79 Å². The lowest BCUT2D eigenvalue weighted by Crippen LogP contribution is -2.44. The molecule has 0 spiro atoms. The van der Waals surface area contributed by atoms with E-state index in [1.807, 2.05) is 32.0 Å². The molecule has 1 aromatic rings. The van der Waals surface area contributed by atoms with Gasteiger partial charge in [0.1, 0.15) is 0 Å². The topological polar surface area (TPSA) is 68.0 Å². The maximum atomic E-state index is 11.7. The molecule has 4 nitrogen and oxygen atoms in total. The molecule has 0 aromatic carbocycles. The SMILES string of the molecule is CC[C@H](C)[C@H](N)C(=O)NCc1ccccn1.Cl.Cl. The summed E-state index contributed by atoms with van der Waals surface area (Å²) in [5.74, 6) is 0.0868. The first kappa shape index (κ1) is 19.5. The Balaban J connectivity index is 0. The van der Waals surface area contributed by atoms with E-state index < -0.39 is 6.04 Å². The van der Waals surface area contributed by atoms with Crippen LogP contribution in [0.2, 0.25) is 0 Å². The molecule has 2 atom stereocenters. The van der Waals surface area contributed by atoms with Gasteiger partial charge < -0.3 is 11.1 Å². The normalized spacial score (nSPS) is 12.6. The van der Waals surface area contributed by atoms with Gasteiger partial charge in [-0.3, -0.25) is 9.78 Å². The first-order valence-electron chi connectivity index (χ1n) is 5.58. The zero-order chi connectivity index (χ0) is 12.0. The highest BCUT2D eigenvalue weighted by Crippen LogP contribution is 2.05. The zero-order valence-corrected chi connectivity index (χ0v) is 12.3. The minimum absolute atomic E-state index is 0. The van der Waals surface area contributed by atoms with Crippen molar-refractivity contribution in [3.05, 3.63) is 30.1 Å². The van der Waals surface area contributed by atoms with E-state index >= 15 is 0 Å². The van der Waals surface area contributed by atoms with Crippen LogP contribution in [0.25, 0.3) is 0 Å². The van der Waals surface area contributed by atoms with Crippen molar-refractivity contribution in [3.63, 3.8) is 0 Å². The van der Waals surface area contributed by atoms with Gasteiger partial charge in [0.05, 0.1) is 18.3 Å². The number of nitrogens with zero attached hydrogens (tertiary/aromatic N) is 1. The van der Waals surface area contributed by atoms with Gasteiger partial charge in [-0.15, -0.1) is 24.8 Å². The van der Waals surface area contributed by atoms with Crippen LogP contribution in [0.1, 0.15) is 26.0 Å². The Morgan fingerprint density at radius 3 is 2.61 bits per heavy atom. The summed E-state index contributed by atoms with van der Waals surface area (Å²) in [6.45, 7) is 4.44. The lowest BCUT2D eigenvalue weighted by Gasteiger charge is -2.17. The number of rotatable bonds is 5. The Morgan fingerprint density at radius 2 is 2.11 bits per heavy atom. The molecule has 6 heteroatoms. The Kier molecular flexibility index (Phi) is 11.0. The summed E-state index contributed by atoms with van der Waals surface area (Å²) in [4.78, 5) is 15.8. The Morgan fingerprint density at radius 1 is 1.44 bits per heavy atom. The quantitative estimate of drug-likeness (QED) is 0.871. The van der Waals surface area contributed by atoms with Gasteiger partial charge >= 0.3 is 0 Å². The Labute approximate surface area is 121 Å². The smallest absolute Gasteiger partial charge is 0.237 e. The minimum Gasteiger partial charge on any atom is -0.349 e. The number of hydrogen-bond acceptors (Lipinski definition) is 3. The summed E-state index contributed by atoms with van der Waals surface area (Å²) < 4.78 is 0. The number of aromatic nitrogens is 1. The van der Waals surface area contributed by atoms with Gasteiger partial charge in [0.2, 0.25) is 5.91 Å². The van der Waals surface area contributed by atoms with Crippen molar-refractivity contribution in [3.8, 4) is 0 Å². The summed E-state index contributed by atoms with van der Waals surface area (Å²) >= 11 is 0. The fourth-order valence-corrected chi connectivity index (χ4v) is 1.31. The second-order valence-corrected chi connectivity index (χ2v) is 3.95. The highest BCUT2D eigenvalue weighted by atomic mass is 35.5. The van der Waals surface area contributed by atoms with Gasteiger partial charge in [0.25, 0.3) is 0 Å². The molecule has 1 heterocycles. The number of carbonyl (C=O) groups excluding carboxylic acids is 1.